The molecule has 2 aromatic rings. The minimum absolute atomic E-state index is 0.0370. The van der Waals surface area contributed by atoms with E-state index >= 15 is 0 Å². The number of ether oxygens (including phenoxy) is 1. The van der Waals surface area contributed by atoms with Gasteiger partial charge in [-0.25, -0.2) is 9.50 Å². The molecule has 0 bridgehead atoms. The van der Waals surface area contributed by atoms with Gasteiger partial charge in [0, 0.05) is 30.0 Å². The van der Waals surface area contributed by atoms with Gasteiger partial charge in [0.2, 0.25) is 11.1 Å². The van der Waals surface area contributed by atoms with E-state index in [0.717, 1.165) is 17.0 Å². The maximum atomic E-state index is 12.9. The highest BCUT2D eigenvalue weighted by molar-refractivity contribution is 7.98. The molecule has 1 aliphatic heterocycles. The molecule has 1 aliphatic rings. The van der Waals surface area contributed by atoms with Gasteiger partial charge in [-0.2, -0.15) is 4.98 Å². The topological polar surface area (TPSA) is 72.6 Å². The molecule has 7 nitrogen and oxygen atoms in total. The SMILES string of the molecule is CSc1nc2nc(C)c(CC(=O)N3CC(C)OC(C)(C)C3)c(C)n2n1. The Kier molecular flexibility index (Phi) is 4.76. The van der Waals surface area contributed by atoms with E-state index in [-0.39, 0.29) is 17.6 Å². The van der Waals surface area contributed by atoms with Gasteiger partial charge in [0.05, 0.1) is 18.1 Å². The predicted octanol–water partition coefficient (Wildman–Crippen LogP) is 2.03. The van der Waals surface area contributed by atoms with Crippen molar-refractivity contribution < 1.29 is 9.53 Å². The number of amides is 1. The normalized spacial score (nSPS) is 20.2. The Balaban J connectivity index is 1.88. The van der Waals surface area contributed by atoms with Gasteiger partial charge in [-0.05, 0) is 40.9 Å². The molecule has 136 valence electrons. The van der Waals surface area contributed by atoms with Crippen LogP contribution in [0.3, 0.4) is 0 Å². The van der Waals surface area contributed by atoms with Gasteiger partial charge in [0.25, 0.3) is 5.78 Å². The summed E-state index contributed by atoms with van der Waals surface area (Å²) < 4.78 is 7.62. The van der Waals surface area contributed by atoms with Crippen molar-refractivity contribution in [3.05, 3.63) is 17.0 Å². The molecule has 0 spiro atoms. The molecule has 2 aromatic heterocycles. The summed E-state index contributed by atoms with van der Waals surface area (Å²) in [7, 11) is 0. The van der Waals surface area contributed by atoms with Gasteiger partial charge in [0.15, 0.2) is 0 Å². The zero-order chi connectivity index (χ0) is 18.4. The molecular weight excluding hydrogens is 338 g/mol. The minimum Gasteiger partial charge on any atom is -0.369 e. The highest BCUT2D eigenvalue weighted by atomic mass is 32.2. The van der Waals surface area contributed by atoms with Crippen molar-refractivity contribution in [3.8, 4) is 0 Å². The number of hydrogen-bond donors (Lipinski definition) is 0. The number of nitrogens with zero attached hydrogens (tertiary/aromatic N) is 5. The second kappa shape index (κ2) is 6.57. The van der Waals surface area contributed by atoms with Gasteiger partial charge in [-0.15, -0.1) is 5.10 Å². The Morgan fingerprint density at radius 2 is 2.08 bits per heavy atom. The van der Waals surface area contributed by atoms with Crippen LogP contribution in [-0.2, 0) is 16.0 Å². The lowest BCUT2D eigenvalue weighted by molar-refractivity contribution is -0.157. The average Bonchev–Trinajstić information content (AvgIpc) is 2.92. The summed E-state index contributed by atoms with van der Waals surface area (Å²) >= 11 is 1.48. The summed E-state index contributed by atoms with van der Waals surface area (Å²) in [6, 6.07) is 0. The summed E-state index contributed by atoms with van der Waals surface area (Å²) in [5.74, 6) is 0.678. The zero-order valence-corrected chi connectivity index (χ0v) is 16.5. The van der Waals surface area contributed by atoms with E-state index in [0.29, 0.717) is 30.4 Å². The van der Waals surface area contributed by atoms with Crippen molar-refractivity contribution in [1.82, 2.24) is 24.5 Å². The Morgan fingerprint density at radius 3 is 2.72 bits per heavy atom. The van der Waals surface area contributed by atoms with Crippen LogP contribution in [0.4, 0.5) is 0 Å². The summed E-state index contributed by atoms with van der Waals surface area (Å²) in [6.45, 7) is 11.2. The van der Waals surface area contributed by atoms with E-state index in [4.69, 9.17) is 4.74 Å². The molecule has 25 heavy (non-hydrogen) atoms. The molecule has 0 aromatic carbocycles. The van der Waals surface area contributed by atoms with E-state index in [9.17, 15) is 4.79 Å². The van der Waals surface area contributed by atoms with Crippen molar-refractivity contribution in [1.29, 1.82) is 0 Å². The van der Waals surface area contributed by atoms with E-state index in [1.807, 2.05) is 45.8 Å². The molecule has 1 saturated heterocycles. The van der Waals surface area contributed by atoms with Crippen LogP contribution >= 0.6 is 11.8 Å². The minimum atomic E-state index is -0.321. The van der Waals surface area contributed by atoms with Crippen LogP contribution in [0.2, 0.25) is 0 Å². The third kappa shape index (κ3) is 3.64. The number of fused-ring (bicyclic) bond motifs is 1. The molecule has 0 N–H and O–H groups in total. The largest absolute Gasteiger partial charge is 0.369 e. The maximum absolute atomic E-state index is 12.9. The third-order valence-electron chi connectivity index (χ3n) is 4.46. The van der Waals surface area contributed by atoms with Gasteiger partial charge < -0.3 is 9.64 Å². The van der Waals surface area contributed by atoms with Crippen LogP contribution < -0.4 is 0 Å². The number of aromatic nitrogens is 4. The molecule has 1 amide bonds. The van der Waals surface area contributed by atoms with Crippen LogP contribution in [0.5, 0.6) is 0 Å². The summed E-state index contributed by atoms with van der Waals surface area (Å²) in [5, 5.41) is 5.13. The van der Waals surface area contributed by atoms with E-state index in [1.54, 1.807) is 4.52 Å². The molecule has 3 heterocycles. The first kappa shape index (κ1) is 18.1. The standard InChI is InChI=1S/C17H25N5O2S/c1-10-8-21(9-17(4,5)24-10)14(23)7-13-11(2)18-15-19-16(25-6)20-22(15)12(13)3/h10H,7-9H2,1-6H3. The second-order valence-electron chi connectivity index (χ2n) is 7.21. The van der Waals surface area contributed by atoms with Gasteiger partial charge >= 0.3 is 0 Å². The Hall–Kier alpha value is -1.67. The predicted molar refractivity (Wildman–Crippen MR) is 96.9 cm³/mol. The molecule has 0 saturated carbocycles. The molecule has 1 atom stereocenters. The van der Waals surface area contributed by atoms with Crippen LogP contribution in [0.25, 0.3) is 5.78 Å². The quantitative estimate of drug-likeness (QED) is 0.777. The maximum Gasteiger partial charge on any atom is 0.253 e. The average molecular weight is 363 g/mol. The van der Waals surface area contributed by atoms with Crippen molar-refractivity contribution >= 4 is 23.4 Å². The molecule has 1 unspecified atom stereocenters. The lowest BCUT2D eigenvalue weighted by Crippen LogP contribution is -2.54. The summed E-state index contributed by atoms with van der Waals surface area (Å²) in [5.41, 5.74) is 2.36. The first-order valence-corrected chi connectivity index (χ1v) is 9.65. The molecule has 8 heteroatoms. The van der Waals surface area contributed by atoms with Crippen molar-refractivity contribution in [3.63, 3.8) is 0 Å². The number of aryl methyl sites for hydroxylation is 2. The fourth-order valence-electron chi connectivity index (χ4n) is 3.44. The second-order valence-corrected chi connectivity index (χ2v) is 7.98. The summed E-state index contributed by atoms with van der Waals surface area (Å²) in [6.07, 6.45) is 2.29. The monoisotopic (exact) mass is 363 g/mol. The molecule has 0 aliphatic carbocycles. The summed E-state index contributed by atoms with van der Waals surface area (Å²) in [4.78, 5) is 23.7. The Bertz CT molecular complexity index is 817. The van der Waals surface area contributed by atoms with Gasteiger partial charge in [0.1, 0.15) is 0 Å². The highest BCUT2D eigenvalue weighted by Gasteiger charge is 2.34. The number of rotatable bonds is 3. The van der Waals surface area contributed by atoms with Gasteiger partial charge in [-0.3, -0.25) is 4.79 Å². The molecule has 1 fully saturated rings. The smallest absolute Gasteiger partial charge is 0.253 e. The number of morpholine rings is 1. The molecule has 3 rings (SSSR count). The number of carbonyl (C=O) groups excluding carboxylic acids is 1. The Labute approximate surface area is 152 Å². The fourth-order valence-corrected chi connectivity index (χ4v) is 3.78. The van der Waals surface area contributed by atoms with E-state index in [2.05, 4.69) is 15.1 Å². The lowest BCUT2D eigenvalue weighted by Gasteiger charge is -2.41. The van der Waals surface area contributed by atoms with Gasteiger partial charge in [-0.1, -0.05) is 11.8 Å². The van der Waals surface area contributed by atoms with Crippen molar-refractivity contribution in [2.24, 2.45) is 0 Å². The lowest BCUT2D eigenvalue weighted by atomic mass is 10.0. The molecular formula is C17H25N5O2S. The van der Waals surface area contributed by atoms with Crippen LogP contribution in [0.15, 0.2) is 5.16 Å². The van der Waals surface area contributed by atoms with Crippen LogP contribution in [0.1, 0.15) is 37.7 Å². The zero-order valence-electron chi connectivity index (χ0n) is 15.7. The first-order chi connectivity index (χ1) is 11.7. The Morgan fingerprint density at radius 1 is 1.36 bits per heavy atom. The number of thioether (sulfide) groups is 1. The highest BCUT2D eigenvalue weighted by Crippen LogP contribution is 2.23. The molecule has 0 radical (unpaired) electrons. The number of hydrogen-bond acceptors (Lipinski definition) is 6. The first-order valence-electron chi connectivity index (χ1n) is 8.42. The van der Waals surface area contributed by atoms with Crippen LogP contribution in [0, 0.1) is 13.8 Å². The van der Waals surface area contributed by atoms with E-state index in [1.165, 1.54) is 11.8 Å². The van der Waals surface area contributed by atoms with Crippen molar-refractivity contribution in [2.45, 2.75) is 57.9 Å². The fraction of sp³-hybridized carbons (Fsp3) is 0.647. The third-order valence-corrected chi connectivity index (χ3v) is 5.00. The van der Waals surface area contributed by atoms with Crippen LogP contribution in [-0.4, -0.2) is 61.4 Å². The van der Waals surface area contributed by atoms with E-state index < -0.39 is 0 Å². The number of carbonyl (C=O) groups is 1. The van der Waals surface area contributed by atoms with Crippen molar-refractivity contribution in [2.75, 3.05) is 19.3 Å².